The molecular formula is C23H27N3O2S. The highest BCUT2D eigenvalue weighted by molar-refractivity contribution is 8.15. The highest BCUT2D eigenvalue weighted by Gasteiger charge is 2.38. The second-order valence-electron chi connectivity index (χ2n) is 7.40. The number of thioether (sulfide) groups is 1. The van der Waals surface area contributed by atoms with E-state index in [-0.39, 0.29) is 18.2 Å². The molecule has 152 valence electrons. The number of carbonyl (C=O) groups is 2. The Kier molecular flexibility index (Phi) is 6.75. The Morgan fingerprint density at radius 2 is 1.79 bits per heavy atom. The predicted octanol–water partition coefficient (Wildman–Crippen LogP) is 4.98. The topological polar surface area (TPSA) is 61.8 Å². The normalized spacial score (nSPS) is 17.8. The van der Waals surface area contributed by atoms with Crippen molar-refractivity contribution in [3.05, 3.63) is 59.2 Å². The highest BCUT2D eigenvalue weighted by Crippen LogP contribution is 2.32. The molecular weight excluding hydrogens is 382 g/mol. The monoisotopic (exact) mass is 409 g/mol. The van der Waals surface area contributed by atoms with Gasteiger partial charge in [0, 0.05) is 18.7 Å². The molecule has 1 fully saturated rings. The number of rotatable bonds is 6. The van der Waals surface area contributed by atoms with E-state index in [0.29, 0.717) is 11.7 Å². The van der Waals surface area contributed by atoms with Crippen LogP contribution in [0.25, 0.3) is 0 Å². The van der Waals surface area contributed by atoms with Gasteiger partial charge in [-0.15, -0.1) is 0 Å². The first-order chi connectivity index (χ1) is 13.9. The number of amides is 2. The number of nitrogens with zero attached hydrogens (tertiary/aromatic N) is 2. The lowest BCUT2D eigenvalue weighted by atomic mass is 10.1. The molecule has 2 amide bonds. The van der Waals surface area contributed by atoms with Crippen molar-refractivity contribution in [1.82, 2.24) is 4.90 Å². The van der Waals surface area contributed by atoms with E-state index in [0.717, 1.165) is 34.5 Å². The lowest BCUT2D eigenvalue weighted by Gasteiger charge is -2.15. The van der Waals surface area contributed by atoms with Crippen molar-refractivity contribution in [3.8, 4) is 0 Å². The van der Waals surface area contributed by atoms with Gasteiger partial charge in [-0.2, -0.15) is 0 Å². The van der Waals surface area contributed by atoms with Crippen molar-refractivity contribution in [2.24, 2.45) is 4.99 Å². The molecule has 0 radical (unpaired) electrons. The molecule has 2 aromatic rings. The molecule has 1 atom stereocenters. The van der Waals surface area contributed by atoms with E-state index in [1.807, 2.05) is 70.2 Å². The van der Waals surface area contributed by atoms with Crippen molar-refractivity contribution < 1.29 is 9.59 Å². The van der Waals surface area contributed by atoms with E-state index in [9.17, 15) is 9.59 Å². The molecule has 29 heavy (non-hydrogen) atoms. The van der Waals surface area contributed by atoms with Crippen LogP contribution < -0.4 is 5.32 Å². The average Bonchev–Trinajstić information content (AvgIpc) is 2.95. The van der Waals surface area contributed by atoms with Crippen molar-refractivity contribution in [1.29, 1.82) is 0 Å². The van der Waals surface area contributed by atoms with Gasteiger partial charge in [-0.25, -0.2) is 4.99 Å². The quantitative estimate of drug-likeness (QED) is 0.732. The van der Waals surface area contributed by atoms with E-state index >= 15 is 0 Å². The minimum atomic E-state index is -0.448. The van der Waals surface area contributed by atoms with Crippen molar-refractivity contribution in [2.45, 2.75) is 45.8 Å². The molecule has 1 heterocycles. The molecule has 3 rings (SSSR count). The second-order valence-corrected chi connectivity index (χ2v) is 8.57. The standard InChI is InChI=1S/C23H27N3O2S/c1-5-12-26-22(28)20(29-23(26)24-18-10-7-15(2)8-11-18)14-21(27)25-19-13-16(3)6-9-17(19)4/h6-11,13,20H,5,12,14H2,1-4H3,(H,25,27)/t20-/m0/s1. The summed E-state index contributed by atoms with van der Waals surface area (Å²) in [5.41, 5.74) is 4.86. The van der Waals surface area contributed by atoms with Gasteiger partial charge in [0.2, 0.25) is 11.8 Å². The third-order valence-corrected chi connectivity index (χ3v) is 5.94. The third-order valence-electron chi connectivity index (χ3n) is 4.76. The molecule has 0 aromatic heterocycles. The van der Waals surface area contributed by atoms with E-state index in [4.69, 9.17) is 0 Å². The number of hydrogen-bond donors (Lipinski definition) is 1. The molecule has 0 spiro atoms. The summed E-state index contributed by atoms with van der Waals surface area (Å²) >= 11 is 1.38. The van der Waals surface area contributed by atoms with Crippen molar-refractivity contribution >= 4 is 40.1 Å². The second kappa shape index (κ2) is 9.27. The minimum Gasteiger partial charge on any atom is -0.326 e. The van der Waals surface area contributed by atoms with Crippen LogP contribution in [0.4, 0.5) is 11.4 Å². The van der Waals surface area contributed by atoms with Crippen LogP contribution in [-0.2, 0) is 9.59 Å². The Bertz CT molecular complexity index is 938. The first-order valence-corrected chi connectivity index (χ1v) is 10.8. The van der Waals surface area contributed by atoms with Gasteiger partial charge in [-0.05, 0) is 56.5 Å². The molecule has 0 saturated carbocycles. The summed E-state index contributed by atoms with van der Waals surface area (Å²) in [7, 11) is 0. The Labute approximate surface area is 176 Å². The molecule has 5 nitrogen and oxygen atoms in total. The molecule has 1 saturated heterocycles. The van der Waals surface area contributed by atoms with Gasteiger partial charge in [0.15, 0.2) is 5.17 Å². The smallest absolute Gasteiger partial charge is 0.242 e. The summed E-state index contributed by atoms with van der Waals surface area (Å²) < 4.78 is 0. The summed E-state index contributed by atoms with van der Waals surface area (Å²) in [5.74, 6) is -0.198. The number of hydrogen-bond acceptors (Lipinski definition) is 4. The van der Waals surface area contributed by atoms with Crippen LogP contribution in [0.15, 0.2) is 47.5 Å². The fraction of sp³-hybridized carbons (Fsp3) is 0.348. The van der Waals surface area contributed by atoms with Crippen LogP contribution in [-0.4, -0.2) is 33.7 Å². The SMILES string of the molecule is CCCN1C(=O)[C@H](CC(=O)Nc2cc(C)ccc2C)SC1=Nc1ccc(C)cc1. The largest absolute Gasteiger partial charge is 0.326 e. The van der Waals surface area contributed by atoms with Gasteiger partial charge in [0.25, 0.3) is 0 Å². The van der Waals surface area contributed by atoms with Crippen LogP contribution in [0.5, 0.6) is 0 Å². The first-order valence-electron chi connectivity index (χ1n) is 9.88. The van der Waals surface area contributed by atoms with Gasteiger partial charge in [-0.3, -0.25) is 14.5 Å². The highest BCUT2D eigenvalue weighted by atomic mass is 32.2. The summed E-state index contributed by atoms with van der Waals surface area (Å²) in [4.78, 5) is 31.9. The minimum absolute atomic E-state index is 0.0428. The Balaban J connectivity index is 1.74. The lowest BCUT2D eigenvalue weighted by Crippen LogP contribution is -2.34. The van der Waals surface area contributed by atoms with Crippen molar-refractivity contribution in [2.75, 3.05) is 11.9 Å². The zero-order valence-electron chi connectivity index (χ0n) is 17.4. The van der Waals surface area contributed by atoms with Gasteiger partial charge >= 0.3 is 0 Å². The van der Waals surface area contributed by atoms with E-state index in [1.54, 1.807) is 4.90 Å². The van der Waals surface area contributed by atoms with E-state index in [2.05, 4.69) is 10.3 Å². The van der Waals surface area contributed by atoms with Crippen LogP contribution >= 0.6 is 11.8 Å². The Morgan fingerprint density at radius 3 is 2.48 bits per heavy atom. The molecule has 0 unspecified atom stereocenters. The number of carbonyl (C=O) groups excluding carboxylic acids is 2. The number of nitrogens with one attached hydrogen (secondary N) is 1. The molecule has 1 aliphatic rings. The fourth-order valence-electron chi connectivity index (χ4n) is 3.12. The predicted molar refractivity (Wildman–Crippen MR) is 121 cm³/mol. The molecule has 1 aliphatic heterocycles. The summed E-state index contributed by atoms with van der Waals surface area (Å²) in [5, 5.41) is 3.18. The van der Waals surface area contributed by atoms with E-state index < -0.39 is 5.25 Å². The van der Waals surface area contributed by atoms with Gasteiger partial charge in [-0.1, -0.05) is 48.5 Å². The van der Waals surface area contributed by atoms with E-state index in [1.165, 1.54) is 11.8 Å². The van der Waals surface area contributed by atoms with Crippen LogP contribution in [0, 0.1) is 20.8 Å². The molecule has 0 bridgehead atoms. The lowest BCUT2D eigenvalue weighted by molar-refractivity contribution is -0.128. The number of anilines is 1. The maximum atomic E-state index is 12.9. The van der Waals surface area contributed by atoms with Crippen LogP contribution in [0.1, 0.15) is 36.5 Å². The fourth-order valence-corrected chi connectivity index (χ4v) is 4.31. The first kappa shape index (κ1) is 21.1. The summed E-state index contributed by atoms with van der Waals surface area (Å²) in [6.07, 6.45) is 0.963. The number of aryl methyl sites for hydroxylation is 3. The van der Waals surface area contributed by atoms with Gasteiger partial charge < -0.3 is 5.32 Å². The Morgan fingerprint density at radius 1 is 1.10 bits per heavy atom. The zero-order chi connectivity index (χ0) is 21.0. The van der Waals surface area contributed by atoms with Crippen LogP contribution in [0.3, 0.4) is 0 Å². The maximum Gasteiger partial charge on any atom is 0.242 e. The van der Waals surface area contributed by atoms with Crippen LogP contribution in [0.2, 0.25) is 0 Å². The number of amidine groups is 1. The summed E-state index contributed by atoms with van der Waals surface area (Å²) in [6, 6.07) is 13.8. The Hall–Kier alpha value is -2.60. The maximum absolute atomic E-state index is 12.9. The van der Waals surface area contributed by atoms with Gasteiger partial charge in [0.05, 0.1) is 5.69 Å². The summed E-state index contributed by atoms with van der Waals surface area (Å²) in [6.45, 7) is 8.61. The zero-order valence-corrected chi connectivity index (χ0v) is 18.2. The van der Waals surface area contributed by atoms with Crippen molar-refractivity contribution in [3.63, 3.8) is 0 Å². The average molecular weight is 410 g/mol. The third kappa shape index (κ3) is 5.26. The number of aliphatic imine (C=N–C) groups is 1. The molecule has 0 aliphatic carbocycles. The number of benzene rings is 2. The molecule has 6 heteroatoms. The molecule has 2 aromatic carbocycles. The van der Waals surface area contributed by atoms with Gasteiger partial charge in [0.1, 0.15) is 5.25 Å². The molecule has 1 N–H and O–H groups in total.